The molecule has 0 amide bonds. The SMILES string of the molecule is CC(=O)O.COc1ccccc1CNC(=N)Nc1ncccc1-c1ccccc1. The minimum Gasteiger partial charge on any atom is -0.496 e. The third-order valence-corrected chi connectivity index (χ3v) is 3.78. The number of hydrogen-bond donors (Lipinski definition) is 4. The molecule has 0 bridgehead atoms. The van der Waals surface area contributed by atoms with Gasteiger partial charge in [0.05, 0.1) is 7.11 Å². The number of aromatic nitrogens is 1. The number of benzene rings is 2. The van der Waals surface area contributed by atoms with E-state index in [0.717, 1.165) is 29.4 Å². The van der Waals surface area contributed by atoms with Gasteiger partial charge in [0.15, 0.2) is 5.96 Å². The molecule has 29 heavy (non-hydrogen) atoms. The number of carbonyl (C=O) groups is 1. The van der Waals surface area contributed by atoms with E-state index in [0.29, 0.717) is 12.4 Å². The average molecular weight is 392 g/mol. The number of anilines is 1. The number of hydrogen-bond acceptors (Lipinski definition) is 4. The molecule has 0 atom stereocenters. The molecule has 0 radical (unpaired) electrons. The molecule has 1 aromatic heterocycles. The van der Waals surface area contributed by atoms with Crippen molar-refractivity contribution in [2.75, 3.05) is 12.4 Å². The standard InChI is InChI=1S/C20H20N4O.C2H4O2/c1-25-18-12-6-5-10-16(18)14-23-20(21)24-19-17(11-7-13-22-19)15-8-3-2-4-9-15;1-2(3)4/h2-13H,14H2,1H3,(H3,21,22,23,24);1H3,(H,3,4). The highest BCUT2D eigenvalue weighted by Crippen LogP contribution is 2.25. The van der Waals surface area contributed by atoms with E-state index in [1.807, 2.05) is 66.7 Å². The molecule has 7 nitrogen and oxygen atoms in total. The Kier molecular flexibility index (Phi) is 8.19. The van der Waals surface area contributed by atoms with Gasteiger partial charge in [0.1, 0.15) is 11.6 Å². The fourth-order valence-electron chi connectivity index (χ4n) is 2.55. The zero-order valence-corrected chi connectivity index (χ0v) is 16.3. The molecule has 150 valence electrons. The minimum absolute atomic E-state index is 0.182. The second-order valence-corrected chi connectivity index (χ2v) is 5.95. The topological polar surface area (TPSA) is 107 Å². The van der Waals surface area contributed by atoms with Crippen LogP contribution in [0, 0.1) is 5.41 Å². The Morgan fingerprint density at radius 3 is 2.41 bits per heavy atom. The first kappa shape index (κ1) is 21.4. The van der Waals surface area contributed by atoms with E-state index in [4.69, 9.17) is 20.0 Å². The van der Waals surface area contributed by atoms with Crippen LogP contribution in [0.5, 0.6) is 5.75 Å². The van der Waals surface area contributed by atoms with Crippen LogP contribution in [0.1, 0.15) is 12.5 Å². The lowest BCUT2D eigenvalue weighted by molar-refractivity contribution is -0.134. The summed E-state index contributed by atoms with van der Waals surface area (Å²) in [6, 6.07) is 21.6. The second kappa shape index (κ2) is 11.1. The number of methoxy groups -OCH3 is 1. The summed E-state index contributed by atoms with van der Waals surface area (Å²) in [5.41, 5.74) is 2.99. The lowest BCUT2D eigenvalue weighted by Gasteiger charge is -2.14. The van der Waals surface area contributed by atoms with Crippen molar-refractivity contribution in [3.05, 3.63) is 78.5 Å². The molecule has 2 aromatic carbocycles. The number of pyridine rings is 1. The van der Waals surface area contributed by atoms with E-state index in [2.05, 4.69) is 15.6 Å². The molecule has 0 saturated carbocycles. The van der Waals surface area contributed by atoms with Crippen LogP contribution >= 0.6 is 0 Å². The van der Waals surface area contributed by atoms with Crippen LogP contribution in [0.3, 0.4) is 0 Å². The average Bonchev–Trinajstić information content (AvgIpc) is 2.73. The van der Waals surface area contributed by atoms with E-state index in [-0.39, 0.29) is 5.96 Å². The number of nitrogens with one attached hydrogen (secondary N) is 3. The van der Waals surface area contributed by atoms with Gasteiger partial charge in [-0.2, -0.15) is 0 Å². The van der Waals surface area contributed by atoms with Gasteiger partial charge in [-0.3, -0.25) is 10.2 Å². The van der Waals surface area contributed by atoms with Crippen molar-refractivity contribution in [3.8, 4) is 16.9 Å². The van der Waals surface area contributed by atoms with E-state index in [1.54, 1.807) is 13.3 Å². The van der Waals surface area contributed by atoms with Gasteiger partial charge >= 0.3 is 0 Å². The third-order valence-electron chi connectivity index (χ3n) is 3.78. The third kappa shape index (κ3) is 6.99. The molecular formula is C22H24N4O3. The van der Waals surface area contributed by atoms with Crippen LogP contribution in [-0.2, 0) is 11.3 Å². The number of carboxylic acid groups (broad SMARTS) is 1. The number of guanidine groups is 1. The highest BCUT2D eigenvalue weighted by molar-refractivity contribution is 5.94. The maximum Gasteiger partial charge on any atom is 0.300 e. The predicted octanol–water partition coefficient (Wildman–Crippen LogP) is 3.98. The lowest BCUT2D eigenvalue weighted by atomic mass is 10.1. The van der Waals surface area contributed by atoms with Crippen LogP contribution < -0.4 is 15.4 Å². The zero-order valence-electron chi connectivity index (χ0n) is 16.3. The first-order chi connectivity index (χ1) is 14.0. The second-order valence-electron chi connectivity index (χ2n) is 5.95. The molecule has 0 fully saturated rings. The predicted molar refractivity (Wildman–Crippen MR) is 114 cm³/mol. The summed E-state index contributed by atoms with van der Waals surface area (Å²) in [6.07, 6.45) is 1.71. The Morgan fingerprint density at radius 2 is 1.72 bits per heavy atom. The van der Waals surface area contributed by atoms with Gasteiger partial charge in [0, 0.05) is 30.8 Å². The molecule has 0 aliphatic rings. The van der Waals surface area contributed by atoms with E-state index in [9.17, 15) is 0 Å². The summed E-state index contributed by atoms with van der Waals surface area (Å²) in [7, 11) is 1.64. The molecule has 0 spiro atoms. The number of ether oxygens (including phenoxy) is 1. The van der Waals surface area contributed by atoms with Crippen LogP contribution in [0.4, 0.5) is 5.82 Å². The monoisotopic (exact) mass is 392 g/mol. The number of nitrogens with zero attached hydrogens (tertiary/aromatic N) is 1. The molecule has 3 rings (SSSR count). The largest absolute Gasteiger partial charge is 0.496 e. The summed E-state index contributed by atoms with van der Waals surface area (Å²) >= 11 is 0. The molecular weight excluding hydrogens is 368 g/mol. The summed E-state index contributed by atoms with van der Waals surface area (Å²) in [4.78, 5) is 13.4. The summed E-state index contributed by atoms with van der Waals surface area (Å²) in [5.74, 6) is 0.790. The first-order valence-corrected chi connectivity index (χ1v) is 8.92. The Hall–Kier alpha value is -3.87. The minimum atomic E-state index is -0.833. The van der Waals surface area contributed by atoms with Gasteiger partial charge in [-0.05, 0) is 23.8 Å². The molecule has 0 aliphatic carbocycles. The van der Waals surface area contributed by atoms with E-state index in [1.165, 1.54) is 0 Å². The molecule has 0 saturated heterocycles. The van der Waals surface area contributed by atoms with Gasteiger partial charge in [-0.15, -0.1) is 0 Å². The number of rotatable bonds is 5. The summed E-state index contributed by atoms with van der Waals surface area (Å²) in [5, 5.41) is 21.7. The van der Waals surface area contributed by atoms with Gasteiger partial charge in [-0.1, -0.05) is 48.5 Å². The molecule has 3 aromatic rings. The smallest absolute Gasteiger partial charge is 0.300 e. The quantitative estimate of drug-likeness (QED) is 0.386. The first-order valence-electron chi connectivity index (χ1n) is 8.92. The van der Waals surface area contributed by atoms with Gasteiger partial charge in [-0.25, -0.2) is 4.98 Å². The molecule has 1 heterocycles. The Bertz CT molecular complexity index is 942. The molecule has 4 N–H and O–H groups in total. The van der Waals surface area contributed by atoms with Gasteiger partial charge in [0.2, 0.25) is 0 Å². The highest BCUT2D eigenvalue weighted by Gasteiger charge is 2.08. The maximum atomic E-state index is 9.00. The normalized spacial score (nSPS) is 9.59. The summed E-state index contributed by atoms with van der Waals surface area (Å²) in [6.45, 7) is 1.57. The number of aliphatic carboxylic acids is 1. The van der Waals surface area contributed by atoms with Crippen molar-refractivity contribution < 1.29 is 14.6 Å². The van der Waals surface area contributed by atoms with E-state index < -0.39 is 5.97 Å². The van der Waals surface area contributed by atoms with Crippen molar-refractivity contribution >= 4 is 17.7 Å². The van der Waals surface area contributed by atoms with Crippen LogP contribution in [0.15, 0.2) is 72.9 Å². The van der Waals surface area contributed by atoms with Gasteiger partial charge < -0.3 is 20.5 Å². The van der Waals surface area contributed by atoms with Crippen molar-refractivity contribution in [2.45, 2.75) is 13.5 Å². The van der Waals surface area contributed by atoms with Crippen molar-refractivity contribution in [3.63, 3.8) is 0 Å². The molecule has 7 heteroatoms. The van der Waals surface area contributed by atoms with E-state index >= 15 is 0 Å². The van der Waals surface area contributed by atoms with Crippen LogP contribution in [0.25, 0.3) is 11.1 Å². The fourth-order valence-corrected chi connectivity index (χ4v) is 2.55. The van der Waals surface area contributed by atoms with Gasteiger partial charge in [0.25, 0.3) is 5.97 Å². The molecule has 0 aliphatic heterocycles. The van der Waals surface area contributed by atoms with Crippen molar-refractivity contribution in [1.82, 2.24) is 10.3 Å². The Morgan fingerprint density at radius 1 is 1.07 bits per heavy atom. The molecule has 0 unspecified atom stereocenters. The summed E-state index contributed by atoms with van der Waals surface area (Å²) < 4.78 is 5.33. The lowest BCUT2D eigenvalue weighted by Crippen LogP contribution is -2.29. The fraction of sp³-hybridized carbons (Fsp3) is 0.136. The highest BCUT2D eigenvalue weighted by atomic mass is 16.5. The maximum absolute atomic E-state index is 9.00. The number of carboxylic acids is 1. The number of para-hydroxylation sites is 1. The van der Waals surface area contributed by atoms with Crippen LogP contribution in [0.2, 0.25) is 0 Å². The Labute approximate surface area is 169 Å². The zero-order chi connectivity index (χ0) is 21.1. The van der Waals surface area contributed by atoms with Crippen molar-refractivity contribution in [1.29, 1.82) is 5.41 Å². The van der Waals surface area contributed by atoms with Crippen molar-refractivity contribution in [2.24, 2.45) is 0 Å². The van der Waals surface area contributed by atoms with Crippen LogP contribution in [-0.4, -0.2) is 29.1 Å². The Balaban J connectivity index is 0.000000687.